The Labute approximate surface area is 122 Å². The molecule has 0 aromatic carbocycles. The lowest BCUT2D eigenvalue weighted by molar-refractivity contribution is -0.199. The molecule has 1 aliphatic heterocycles. The second-order valence-corrected chi connectivity index (χ2v) is 7.78. The van der Waals surface area contributed by atoms with E-state index in [1.165, 1.54) is 6.42 Å². The summed E-state index contributed by atoms with van der Waals surface area (Å²) in [6.45, 7) is 10.7. The van der Waals surface area contributed by atoms with Crippen molar-refractivity contribution in [1.29, 1.82) is 0 Å². The molecule has 5 atom stereocenters. The fraction of sp³-hybridized carbons (Fsp3) is 0.867. The number of hydrogen-bond donors (Lipinski definition) is 0. The molecule has 0 unspecified atom stereocenters. The van der Waals surface area contributed by atoms with Gasteiger partial charge in [-0.25, -0.2) is 0 Å². The average Bonchev–Trinajstić information content (AvgIpc) is 2.72. The largest absolute Gasteiger partial charge is 0.476 e. The van der Waals surface area contributed by atoms with Gasteiger partial charge in [-0.15, -0.1) is 18.2 Å². The van der Waals surface area contributed by atoms with E-state index >= 15 is 0 Å². The normalized spacial score (nSPS) is 44.4. The van der Waals surface area contributed by atoms with Gasteiger partial charge in [0, 0.05) is 0 Å². The Hall–Kier alpha value is 0.0149. The minimum atomic E-state index is -0.244. The zero-order valence-corrected chi connectivity index (χ0v) is 13.0. The lowest BCUT2D eigenvalue weighted by Gasteiger charge is -2.64. The van der Waals surface area contributed by atoms with E-state index in [-0.39, 0.29) is 24.1 Å². The van der Waals surface area contributed by atoms with Crippen LogP contribution in [0.5, 0.6) is 0 Å². The second kappa shape index (κ2) is 4.51. The zero-order valence-electron chi connectivity index (χ0n) is 12.2. The monoisotopic (exact) mass is 282 g/mol. The Morgan fingerprint density at radius 2 is 2.16 bits per heavy atom. The minimum Gasteiger partial charge on any atom is -0.404 e. The molecule has 0 radical (unpaired) electrons. The second-order valence-electron chi connectivity index (χ2n) is 7.22. The van der Waals surface area contributed by atoms with Crippen LogP contribution in [0.15, 0.2) is 12.7 Å². The minimum absolute atomic E-state index is 0.0688. The highest BCUT2D eigenvalue weighted by Crippen LogP contribution is 2.65. The molecule has 4 fully saturated rings. The van der Waals surface area contributed by atoms with Gasteiger partial charge in [0.05, 0.1) is 17.0 Å². The van der Waals surface area contributed by atoms with Gasteiger partial charge in [0.15, 0.2) is 0 Å². The van der Waals surface area contributed by atoms with Gasteiger partial charge in [-0.05, 0) is 49.9 Å². The predicted octanol–water partition coefficient (Wildman–Crippen LogP) is 3.83. The smallest absolute Gasteiger partial charge is 0.404 e. The van der Waals surface area contributed by atoms with Crippen LogP contribution in [0.2, 0.25) is 0 Å². The van der Waals surface area contributed by atoms with Crippen molar-refractivity contribution in [2.75, 3.05) is 0 Å². The summed E-state index contributed by atoms with van der Waals surface area (Å²) in [5, 5.41) is -0.0688. The topological polar surface area (TPSA) is 18.5 Å². The van der Waals surface area contributed by atoms with Crippen molar-refractivity contribution in [2.24, 2.45) is 17.3 Å². The summed E-state index contributed by atoms with van der Waals surface area (Å²) in [4.78, 5) is 0. The van der Waals surface area contributed by atoms with Crippen LogP contribution in [0.4, 0.5) is 0 Å². The summed E-state index contributed by atoms with van der Waals surface area (Å²) in [7, 11) is -0.244. The maximum Gasteiger partial charge on any atom is 0.476 e. The molecule has 0 amide bonds. The lowest BCUT2D eigenvalue weighted by atomic mass is 9.43. The summed E-state index contributed by atoms with van der Waals surface area (Å²) in [5.41, 5.74) is 0.261. The fourth-order valence-corrected chi connectivity index (χ4v) is 4.70. The van der Waals surface area contributed by atoms with Gasteiger partial charge in [-0.3, -0.25) is 0 Å². The molecular formula is C15H24BClO2. The first-order chi connectivity index (χ1) is 8.89. The molecule has 19 heavy (non-hydrogen) atoms. The van der Waals surface area contributed by atoms with Crippen LogP contribution in [0.3, 0.4) is 0 Å². The summed E-state index contributed by atoms with van der Waals surface area (Å²) in [6, 6.07) is 0. The number of allylic oxidation sites excluding steroid dienone is 1. The molecular weight excluding hydrogens is 258 g/mol. The number of rotatable bonds is 4. The van der Waals surface area contributed by atoms with Crippen LogP contribution in [-0.4, -0.2) is 24.1 Å². The summed E-state index contributed by atoms with van der Waals surface area (Å²) < 4.78 is 12.4. The number of halogens is 1. The molecule has 3 aliphatic carbocycles. The maximum atomic E-state index is 6.43. The zero-order chi connectivity index (χ0) is 13.8. The van der Waals surface area contributed by atoms with Crippen molar-refractivity contribution in [2.45, 2.75) is 63.4 Å². The quantitative estimate of drug-likeness (QED) is 0.443. The third-order valence-corrected chi connectivity index (χ3v) is 6.33. The Bertz CT molecular complexity index is 386. The third kappa shape index (κ3) is 1.92. The predicted molar refractivity (Wildman–Crippen MR) is 79.2 cm³/mol. The number of alkyl halides is 1. The van der Waals surface area contributed by atoms with Crippen LogP contribution < -0.4 is 0 Å². The van der Waals surface area contributed by atoms with E-state index in [2.05, 4.69) is 27.4 Å². The van der Waals surface area contributed by atoms with E-state index < -0.39 is 0 Å². The standard InChI is InChI=1S/C15H24BClO2/c1-5-6-7-13(17)16-18-12-9-10-8-11(14(10,2)3)15(12,4)19-16/h5,10-13H,1,6-9H2,2-4H3/t10-,11-,12+,13+,15-/m0/s1. The third-order valence-electron chi connectivity index (χ3n) is 5.91. The van der Waals surface area contributed by atoms with Crippen molar-refractivity contribution in [3.63, 3.8) is 0 Å². The molecule has 0 N–H and O–H groups in total. The highest BCUT2D eigenvalue weighted by atomic mass is 35.5. The molecule has 106 valence electrons. The molecule has 3 saturated carbocycles. The molecule has 1 saturated heterocycles. The molecule has 4 aliphatic rings. The van der Waals surface area contributed by atoms with Crippen molar-refractivity contribution in [1.82, 2.24) is 0 Å². The summed E-state index contributed by atoms with van der Waals surface area (Å²) >= 11 is 6.43. The van der Waals surface area contributed by atoms with Crippen molar-refractivity contribution in [3.8, 4) is 0 Å². The van der Waals surface area contributed by atoms with Crippen molar-refractivity contribution < 1.29 is 9.31 Å². The van der Waals surface area contributed by atoms with Crippen LogP contribution in [0.25, 0.3) is 0 Å². The van der Waals surface area contributed by atoms with E-state index in [9.17, 15) is 0 Å². The molecule has 4 rings (SSSR count). The van der Waals surface area contributed by atoms with E-state index in [0.29, 0.717) is 11.3 Å². The Kier molecular flexibility index (Phi) is 3.32. The first-order valence-corrected chi connectivity index (χ1v) is 7.91. The van der Waals surface area contributed by atoms with Crippen LogP contribution in [0, 0.1) is 17.3 Å². The van der Waals surface area contributed by atoms with Gasteiger partial charge in [0.25, 0.3) is 0 Å². The van der Waals surface area contributed by atoms with Gasteiger partial charge in [-0.1, -0.05) is 19.9 Å². The Morgan fingerprint density at radius 3 is 2.79 bits per heavy atom. The Balaban J connectivity index is 1.72. The molecule has 0 aromatic rings. The molecule has 0 spiro atoms. The van der Waals surface area contributed by atoms with E-state index in [1.807, 2.05) is 6.08 Å². The van der Waals surface area contributed by atoms with Crippen LogP contribution in [-0.2, 0) is 9.31 Å². The van der Waals surface area contributed by atoms with Crippen molar-refractivity contribution >= 4 is 18.7 Å². The highest BCUT2D eigenvalue weighted by molar-refractivity contribution is 6.59. The van der Waals surface area contributed by atoms with Gasteiger partial charge in [0.2, 0.25) is 0 Å². The van der Waals surface area contributed by atoms with Gasteiger partial charge >= 0.3 is 7.12 Å². The number of hydrogen-bond acceptors (Lipinski definition) is 2. The van der Waals surface area contributed by atoms with Crippen LogP contribution >= 0.6 is 11.6 Å². The van der Waals surface area contributed by atoms with Gasteiger partial charge < -0.3 is 9.31 Å². The molecule has 0 aromatic heterocycles. The first kappa shape index (κ1) is 14.0. The average molecular weight is 283 g/mol. The maximum absolute atomic E-state index is 6.43. The SMILES string of the molecule is C=CCC[C@@H](Cl)B1O[C@@H]2C[C@@H]3C[C@@H](C3(C)C)[C@]2(C)O1. The lowest BCUT2D eigenvalue weighted by Crippen LogP contribution is -2.65. The molecule has 2 bridgehead atoms. The van der Waals surface area contributed by atoms with Gasteiger partial charge in [0.1, 0.15) is 0 Å². The van der Waals surface area contributed by atoms with E-state index in [1.54, 1.807) is 0 Å². The summed E-state index contributed by atoms with van der Waals surface area (Å²) in [5.74, 6) is 1.40. The first-order valence-electron chi connectivity index (χ1n) is 7.48. The molecule has 2 nitrogen and oxygen atoms in total. The van der Waals surface area contributed by atoms with E-state index in [0.717, 1.165) is 25.2 Å². The molecule has 1 heterocycles. The molecule has 4 heteroatoms. The Morgan fingerprint density at radius 1 is 1.42 bits per heavy atom. The van der Waals surface area contributed by atoms with Gasteiger partial charge in [-0.2, -0.15) is 0 Å². The van der Waals surface area contributed by atoms with Crippen LogP contribution in [0.1, 0.15) is 46.5 Å². The highest BCUT2D eigenvalue weighted by Gasteiger charge is 2.68. The fourth-order valence-electron chi connectivity index (χ4n) is 4.47. The van der Waals surface area contributed by atoms with E-state index in [4.69, 9.17) is 20.9 Å². The summed E-state index contributed by atoms with van der Waals surface area (Å²) in [6.07, 6.45) is 6.34. The van der Waals surface area contributed by atoms with Crippen molar-refractivity contribution in [3.05, 3.63) is 12.7 Å².